The van der Waals surface area contributed by atoms with E-state index < -0.39 is 5.97 Å². The molecule has 1 aliphatic heterocycles. The summed E-state index contributed by atoms with van der Waals surface area (Å²) >= 11 is 0. The van der Waals surface area contributed by atoms with Crippen molar-refractivity contribution in [2.75, 3.05) is 41.0 Å². The van der Waals surface area contributed by atoms with Gasteiger partial charge in [-0.1, -0.05) is 13.8 Å². The number of hydrogen-bond donors (Lipinski definition) is 0. The maximum Gasteiger partial charge on any atom is 0.331 e. The van der Waals surface area contributed by atoms with E-state index >= 15 is 0 Å². The second-order valence-corrected chi connectivity index (χ2v) is 7.14. The fourth-order valence-electron chi connectivity index (χ4n) is 3.50. The molecule has 0 radical (unpaired) electrons. The molecule has 2 unspecified atom stereocenters. The first kappa shape index (κ1) is 21.6. The van der Waals surface area contributed by atoms with Crippen LogP contribution in [0.4, 0.5) is 0 Å². The number of benzene rings is 1. The van der Waals surface area contributed by atoms with Gasteiger partial charge in [-0.3, -0.25) is 4.79 Å². The molecule has 1 fully saturated rings. The Morgan fingerprint density at radius 3 is 2.11 bits per heavy atom. The summed E-state index contributed by atoms with van der Waals surface area (Å²) in [6.07, 6.45) is 3.96. The number of hydrogen-bond acceptors (Lipinski definition) is 6. The molecule has 7 heteroatoms. The lowest BCUT2D eigenvalue weighted by Crippen LogP contribution is -2.44. The highest BCUT2D eigenvalue weighted by Crippen LogP contribution is 2.38. The third-order valence-corrected chi connectivity index (χ3v) is 4.66. The Balaban J connectivity index is 1.95. The third kappa shape index (κ3) is 5.65. The van der Waals surface area contributed by atoms with E-state index in [0.29, 0.717) is 47.7 Å². The highest BCUT2D eigenvalue weighted by Gasteiger charge is 2.25. The van der Waals surface area contributed by atoms with Gasteiger partial charge in [-0.05, 0) is 42.0 Å². The number of rotatable bonds is 7. The van der Waals surface area contributed by atoms with Crippen LogP contribution in [-0.4, -0.2) is 57.8 Å². The molecule has 1 amide bonds. The molecule has 1 heterocycles. The highest BCUT2D eigenvalue weighted by atomic mass is 16.5. The van der Waals surface area contributed by atoms with Crippen molar-refractivity contribution >= 4 is 18.0 Å². The van der Waals surface area contributed by atoms with E-state index in [-0.39, 0.29) is 12.5 Å². The van der Waals surface area contributed by atoms with Crippen LogP contribution in [0.5, 0.6) is 17.2 Å². The van der Waals surface area contributed by atoms with Crippen LogP contribution in [0, 0.1) is 11.8 Å². The maximum absolute atomic E-state index is 12.3. The van der Waals surface area contributed by atoms with Gasteiger partial charge in [0.15, 0.2) is 18.1 Å². The zero-order valence-electron chi connectivity index (χ0n) is 17.2. The van der Waals surface area contributed by atoms with Gasteiger partial charge in [0.25, 0.3) is 5.91 Å². The zero-order chi connectivity index (χ0) is 20.7. The third-order valence-electron chi connectivity index (χ3n) is 4.66. The van der Waals surface area contributed by atoms with Crippen LogP contribution in [0.15, 0.2) is 18.2 Å². The van der Waals surface area contributed by atoms with E-state index in [4.69, 9.17) is 18.9 Å². The lowest BCUT2D eigenvalue weighted by molar-refractivity contribution is -0.149. The molecule has 0 saturated carbocycles. The van der Waals surface area contributed by atoms with Gasteiger partial charge in [0.2, 0.25) is 5.75 Å². The fraction of sp³-hybridized carbons (Fsp3) is 0.524. The van der Waals surface area contributed by atoms with Crippen molar-refractivity contribution in [2.24, 2.45) is 11.8 Å². The molecule has 28 heavy (non-hydrogen) atoms. The highest BCUT2D eigenvalue weighted by molar-refractivity contribution is 5.89. The summed E-state index contributed by atoms with van der Waals surface area (Å²) in [6, 6.07) is 3.43. The number of methoxy groups -OCH3 is 3. The van der Waals surface area contributed by atoms with Gasteiger partial charge in [0, 0.05) is 19.2 Å². The topological polar surface area (TPSA) is 74.3 Å². The molecule has 2 atom stereocenters. The number of ether oxygens (including phenoxy) is 4. The van der Waals surface area contributed by atoms with Gasteiger partial charge in [-0.2, -0.15) is 0 Å². The Morgan fingerprint density at radius 1 is 1.04 bits per heavy atom. The molecular weight excluding hydrogens is 362 g/mol. The largest absolute Gasteiger partial charge is 0.493 e. The Labute approximate surface area is 166 Å². The van der Waals surface area contributed by atoms with E-state index in [1.54, 1.807) is 23.1 Å². The molecule has 154 valence electrons. The summed E-state index contributed by atoms with van der Waals surface area (Å²) in [5, 5.41) is 0. The lowest BCUT2D eigenvalue weighted by Gasteiger charge is -2.34. The summed E-state index contributed by atoms with van der Waals surface area (Å²) in [7, 11) is 4.56. The van der Waals surface area contributed by atoms with Crippen LogP contribution in [0.2, 0.25) is 0 Å². The molecule has 7 nitrogen and oxygen atoms in total. The number of amides is 1. The van der Waals surface area contributed by atoms with Gasteiger partial charge < -0.3 is 23.8 Å². The molecule has 2 rings (SSSR count). The number of piperidine rings is 1. The second-order valence-electron chi connectivity index (χ2n) is 7.14. The predicted octanol–water partition coefficient (Wildman–Crippen LogP) is 2.77. The summed E-state index contributed by atoms with van der Waals surface area (Å²) in [6.45, 7) is 5.42. The summed E-state index contributed by atoms with van der Waals surface area (Å²) in [5.41, 5.74) is 0.677. The molecule has 0 spiro atoms. The second kappa shape index (κ2) is 10.0. The lowest BCUT2D eigenvalue weighted by atomic mass is 9.92. The van der Waals surface area contributed by atoms with Crippen LogP contribution < -0.4 is 14.2 Å². The van der Waals surface area contributed by atoms with Crippen LogP contribution in [0.25, 0.3) is 6.08 Å². The van der Waals surface area contributed by atoms with Gasteiger partial charge in [0.05, 0.1) is 21.3 Å². The Kier molecular flexibility index (Phi) is 7.72. The summed E-state index contributed by atoms with van der Waals surface area (Å²) in [5.74, 6) is 1.62. The van der Waals surface area contributed by atoms with Gasteiger partial charge in [-0.25, -0.2) is 4.79 Å². The number of carbonyl (C=O) groups is 2. The van der Waals surface area contributed by atoms with Gasteiger partial charge in [0.1, 0.15) is 0 Å². The molecule has 1 aromatic rings. The Bertz CT molecular complexity index is 695. The predicted molar refractivity (Wildman–Crippen MR) is 106 cm³/mol. The van der Waals surface area contributed by atoms with Crippen LogP contribution in [-0.2, 0) is 14.3 Å². The number of esters is 1. The minimum atomic E-state index is -0.583. The SMILES string of the molecule is COc1cc(/C=C/C(=O)OCC(=O)N2CC(C)CC(C)C2)cc(OC)c1OC. The van der Waals surface area contributed by atoms with Crippen molar-refractivity contribution in [1.29, 1.82) is 0 Å². The Morgan fingerprint density at radius 2 is 1.61 bits per heavy atom. The van der Waals surface area contributed by atoms with Crippen molar-refractivity contribution in [3.63, 3.8) is 0 Å². The molecule has 1 aliphatic rings. The van der Waals surface area contributed by atoms with Crippen molar-refractivity contribution < 1.29 is 28.5 Å². The van der Waals surface area contributed by atoms with E-state index in [9.17, 15) is 9.59 Å². The van der Waals surface area contributed by atoms with E-state index in [2.05, 4.69) is 13.8 Å². The molecule has 0 bridgehead atoms. The summed E-state index contributed by atoms with van der Waals surface area (Å²) in [4.78, 5) is 26.1. The van der Waals surface area contributed by atoms with Crippen LogP contribution >= 0.6 is 0 Å². The fourth-order valence-corrected chi connectivity index (χ4v) is 3.50. The van der Waals surface area contributed by atoms with Gasteiger partial charge in [-0.15, -0.1) is 0 Å². The number of carbonyl (C=O) groups excluding carboxylic acids is 2. The van der Waals surface area contributed by atoms with E-state index in [1.807, 2.05) is 0 Å². The standard InChI is InChI=1S/C21H29NO6/c1-14-8-15(2)12-22(11-14)19(23)13-28-20(24)7-6-16-9-17(25-3)21(27-5)18(10-16)26-4/h6-7,9-10,14-15H,8,11-13H2,1-5H3/b7-6+. The van der Waals surface area contributed by atoms with Crippen molar-refractivity contribution in [3.05, 3.63) is 23.8 Å². The average Bonchev–Trinajstić information content (AvgIpc) is 2.68. The quantitative estimate of drug-likeness (QED) is 0.526. The Hall–Kier alpha value is -2.70. The normalized spacial score (nSPS) is 19.4. The molecular formula is C21H29NO6. The van der Waals surface area contributed by atoms with Crippen molar-refractivity contribution in [3.8, 4) is 17.2 Å². The molecule has 0 aliphatic carbocycles. The number of nitrogens with zero attached hydrogens (tertiary/aromatic N) is 1. The first-order valence-electron chi connectivity index (χ1n) is 9.30. The molecule has 1 saturated heterocycles. The van der Waals surface area contributed by atoms with Crippen molar-refractivity contribution in [2.45, 2.75) is 20.3 Å². The van der Waals surface area contributed by atoms with Crippen molar-refractivity contribution in [1.82, 2.24) is 4.90 Å². The van der Waals surface area contributed by atoms with E-state index in [0.717, 1.165) is 6.42 Å². The number of likely N-dealkylation sites (tertiary alicyclic amines) is 1. The molecule has 0 N–H and O–H groups in total. The van der Waals surface area contributed by atoms with Gasteiger partial charge >= 0.3 is 5.97 Å². The minimum Gasteiger partial charge on any atom is -0.493 e. The zero-order valence-corrected chi connectivity index (χ0v) is 17.2. The first-order chi connectivity index (χ1) is 13.4. The maximum atomic E-state index is 12.3. The van der Waals surface area contributed by atoms with Crippen LogP contribution in [0.1, 0.15) is 25.8 Å². The average molecular weight is 391 g/mol. The van der Waals surface area contributed by atoms with Crippen LogP contribution in [0.3, 0.4) is 0 Å². The minimum absolute atomic E-state index is 0.159. The molecule has 0 aromatic heterocycles. The first-order valence-corrected chi connectivity index (χ1v) is 9.30. The monoisotopic (exact) mass is 391 g/mol. The molecule has 1 aromatic carbocycles. The summed E-state index contributed by atoms with van der Waals surface area (Å²) < 4.78 is 20.9. The van der Waals surface area contributed by atoms with E-state index in [1.165, 1.54) is 27.4 Å². The smallest absolute Gasteiger partial charge is 0.331 e.